The molecule has 0 aromatic rings. The molecular formula is C53H96N2O12. The van der Waals surface area contributed by atoms with Gasteiger partial charge in [-0.2, -0.15) is 0 Å². The van der Waals surface area contributed by atoms with E-state index >= 15 is 0 Å². The Balaban J connectivity index is 2.72. The molecule has 0 unspecified atom stereocenters. The molecule has 1 N–H and O–H groups in total. The lowest BCUT2D eigenvalue weighted by molar-refractivity contribution is -0.294. The zero-order valence-corrected chi connectivity index (χ0v) is 43.2. The smallest absolute Gasteiger partial charge is 0.410 e. The van der Waals surface area contributed by atoms with E-state index in [-0.39, 0.29) is 12.5 Å². The van der Waals surface area contributed by atoms with Crippen LogP contribution in [0.3, 0.4) is 0 Å². The number of unbranched alkanes of at least 4 members (excludes halogenated alkanes) is 30. The number of alkyl carbamates (subject to hydrolysis) is 1. The molecule has 1 heterocycles. The van der Waals surface area contributed by atoms with E-state index in [1.807, 2.05) is 4.90 Å². The van der Waals surface area contributed by atoms with Crippen LogP contribution < -0.4 is 5.32 Å². The Bertz CT molecular complexity index is 1280. The van der Waals surface area contributed by atoms with Crippen molar-refractivity contribution in [1.29, 1.82) is 0 Å². The average Bonchev–Trinajstić information content (AvgIpc) is 3.28. The highest BCUT2D eigenvalue weighted by Crippen LogP contribution is 2.30. The van der Waals surface area contributed by atoms with Crippen LogP contribution in [0.4, 0.5) is 4.79 Å². The van der Waals surface area contributed by atoms with Gasteiger partial charge in [-0.3, -0.25) is 24.0 Å². The second kappa shape index (κ2) is 41.5. The van der Waals surface area contributed by atoms with Crippen molar-refractivity contribution < 1.29 is 57.2 Å². The zero-order valence-electron chi connectivity index (χ0n) is 43.2. The summed E-state index contributed by atoms with van der Waals surface area (Å²) in [5.41, 5.74) is 0. The highest BCUT2D eigenvalue weighted by molar-refractivity contribution is 5.82. The highest BCUT2D eigenvalue weighted by Gasteiger charge is 2.54. The number of rotatable bonds is 42. The molecule has 67 heavy (non-hydrogen) atoms. The van der Waals surface area contributed by atoms with Crippen LogP contribution in [0, 0.1) is 0 Å². The van der Waals surface area contributed by atoms with E-state index in [2.05, 4.69) is 19.2 Å². The van der Waals surface area contributed by atoms with Crippen molar-refractivity contribution in [1.82, 2.24) is 10.2 Å². The monoisotopic (exact) mass is 953 g/mol. The molecule has 1 saturated heterocycles. The number of hydrogen-bond donors (Lipinski definition) is 1. The van der Waals surface area contributed by atoms with Gasteiger partial charge in [0.05, 0.1) is 0 Å². The number of hydrogen-bond acceptors (Lipinski definition) is 12. The summed E-state index contributed by atoms with van der Waals surface area (Å²) >= 11 is 0. The predicted molar refractivity (Wildman–Crippen MR) is 262 cm³/mol. The molecule has 0 aliphatic carbocycles. The van der Waals surface area contributed by atoms with Crippen LogP contribution in [0.25, 0.3) is 0 Å². The molecule has 390 valence electrons. The number of carbonyl (C=O) groups is 6. The quantitative estimate of drug-likeness (QED) is 0.0349. The number of nitrogens with one attached hydrogen (secondary N) is 1. The molecule has 2 amide bonds. The third-order valence-corrected chi connectivity index (χ3v) is 12.5. The van der Waals surface area contributed by atoms with Crippen molar-refractivity contribution in [3.63, 3.8) is 0 Å². The Hall–Kier alpha value is -3.42. The Morgan fingerprint density at radius 2 is 0.746 bits per heavy atom. The minimum Gasteiger partial charge on any atom is -0.463 e. The minimum atomic E-state index is -1.69. The fourth-order valence-electron chi connectivity index (χ4n) is 8.75. The van der Waals surface area contributed by atoms with Crippen LogP contribution >= 0.6 is 0 Å². The van der Waals surface area contributed by atoms with E-state index in [4.69, 9.17) is 28.4 Å². The van der Waals surface area contributed by atoms with Crippen LogP contribution in [0.1, 0.15) is 247 Å². The van der Waals surface area contributed by atoms with Gasteiger partial charge < -0.3 is 38.6 Å². The maximum Gasteiger partial charge on any atom is 0.410 e. The van der Waals surface area contributed by atoms with E-state index in [1.54, 1.807) is 0 Å². The summed E-state index contributed by atoms with van der Waals surface area (Å²) in [6, 6.07) is 0. The van der Waals surface area contributed by atoms with Crippen LogP contribution in [-0.4, -0.2) is 97.7 Å². The Morgan fingerprint density at radius 3 is 1.09 bits per heavy atom. The van der Waals surface area contributed by atoms with Crippen molar-refractivity contribution in [3.8, 4) is 0 Å². The summed E-state index contributed by atoms with van der Waals surface area (Å²) in [5, 5.41) is 2.51. The molecule has 0 aromatic carbocycles. The van der Waals surface area contributed by atoms with Gasteiger partial charge in [-0.05, 0) is 12.8 Å². The van der Waals surface area contributed by atoms with Gasteiger partial charge in [-0.1, -0.05) is 206 Å². The average molecular weight is 953 g/mol. The third kappa shape index (κ3) is 33.7. The van der Waals surface area contributed by atoms with Gasteiger partial charge in [0, 0.05) is 40.8 Å². The third-order valence-electron chi connectivity index (χ3n) is 12.5. The molecule has 14 heteroatoms. The van der Waals surface area contributed by atoms with E-state index in [1.165, 1.54) is 167 Å². The molecule has 0 radical (unpaired) electrons. The van der Waals surface area contributed by atoms with Crippen molar-refractivity contribution in [3.05, 3.63) is 0 Å². The van der Waals surface area contributed by atoms with Crippen molar-refractivity contribution in [2.75, 3.05) is 26.2 Å². The number of ether oxygens (including phenoxy) is 6. The first-order valence-electron chi connectivity index (χ1n) is 26.9. The van der Waals surface area contributed by atoms with Crippen molar-refractivity contribution >= 4 is 35.9 Å². The van der Waals surface area contributed by atoms with Crippen LogP contribution in [-0.2, 0) is 52.4 Å². The molecule has 1 aliphatic rings. The zero-order chi connectivity index (χ0) is 49.3. The van der Waals surface area contributed by atoms with Crippen molar-refractivity contribution in [2.24, 2.45) is 0 Å². The van der Waals surface area contributed by atoms with Gasteiger partial charge in [0.2, 0.25) is 18.3 Å². The Labute approximate surface area is 406 Å². The SMILES string of the molecule is CCCCCCCCCCCCCCCCCCN(CCCCCCCCCCCCCCCCCC)C(=O)CNC(=O)O[C@H]1O[C@H](COC(C)=O)[C@H](OC(C)=O)[C@H](OC(C)=O)[C@H]1OC(C)=O. The Kier molecular flexibility index (Phi) is 38.2. The molecule has 1 rings (SSSR count). The molecule has 5 atom stereocenters. The van der Waals surface area contributed by atoms with Crippen LogP contribution in [0.2, 0.25) is 0 Å². The second-order valence-corrected chi connectivity index (χ2v) is 18.8. The molecule has 0 saturated carbocycles. The number of nitrogens with zero attached hydrogens (tertiary/aromatic N) is 1. The van der Waals surface area contributed by atoms with Gasteiger partial charge in [0.15, 0.2) is 12.2 Å². The van der Waals surface area contributed by atoms with Crippen LogP contribution in [0.15, 0.2) is 0 Å². The molecule has 1 aliphatic heterocycles. The summed E-state index contributed by atoms with van der Waals surface area (Å²) in [7, 11) is 0. The second-order valence-electron chi connectivity index (χ2n) is 18.8. The summed E-state index contributed by atoms with van der Waals surface area (Å²) in [5.74, 6) is -3.34. The summed E-state index contributed by atoms with van der Waals surface area (Å²) in [6.07, 6.45) is 32.0. The maximum atomic E-state index is 13.7. The van der Waals surface area contributed by atoms with E-state index in [0.717, 1.165) is 66.2 Å². The van der Waals surface area contributed by atoms with Crippen LogP contribution in [0.5, 0.6) is 0 Å². The molecule has 14 nitrogen and oxygen atoms in total. The lowest BCUT2D eigenvalue weighted by Gasteiger charge is -2.43. The molecule has 0 spiro atoms. The van der Waals surface area contributed by atoms with Crippen molar-refractivity contribution in [2.45, 2.75) is 278 Å². The lowest BCUT2D eigenvalue weighted by Crippen LogP contribution is -2.63. The van der Waals surface area contributed by atoms with E-state index in [9.17, 15) is 28.8 Å². The largest absolute Gasteiger partial charge is 0.463 e. The summed E-state index contributed by atoms with van der Waals surface area (Å²) in [4.78, 5) is 76.9. The fraction of sp³-hybridized carbons (Fsp3) is 0.887. The first kappa shape index (κ1) is 61.6. The lowest BCUT2D eigenvalue weighted by atomic mass is 9.98. The first-order chi connectivity index (χ1) is 32.4. The number of carbonyl (C=O) groups excluding carboxylic acids is 6. The molecule has 0 aromatic heterocycles. The maximum absolute atomic E-state index is 13.7. The predicted octanol–water partition coefficient (Wildman–Crippen LogP) is 12.1. The molecular weight excluding hydrogens is 857 g/mol. The van der Waals surface area contributed by atoms with E-state index < -0.39 is 67.3 Å². The number of esters is 4. The van der Waals surface area contributed by atoms with Gasteiger partial charge >= 0.3 is 30.0 Å². The molecule has 1 fully saturated rings. The van der Waals surface area contributed by atoms with Gasteiger partial charge in [-0.25, -0.2) is 4.79 Å². The van der Waals surface area contributed by atoms with Gasteiger partial charge in [0.1, 0.15) is 19.3 Å². The molecule has 0 bridgehead atoms. The topological polar surface area (TPSA) is 173 Å². The van der Waals surface area contributed by atoms with Gasteiger partial charge in [-0.15, -0.1) is 0 Å². The fourth-order valence-corrected chi connectivity index (χ4v) is 8.75. The normalized spacial score (nSPS) is 17.9. The van der Waals surface area contributed by atoms with Gasteiger partial charge in [0.25, 0.3) is 0 Å². The standard InChI is InChI=1S/C53H96N2O12/c1-7-9-11-13-15-17-19-21-23-25-27-29-31-33-35-37-39-55(40-38-36-34-32-30-28-26-24-22-20-18-16-14-12-10-8-2)48(60)41-54-53(61)67-52-51(65-46(6)59)50(64-45(5)58)49(63-44(4)57)47(66-52)42-62-43(3)56/h47,49-52H,7-42H2,1-6H3,(H,54,61)/t47-,49+,50+,51-,52-/m1/s1. The number of amides is 2. The summed E-state index contributed by atoms with van der Waals surface area (Å²) < 4.78 is 32.7. The minimum absolute atomic E-state index is 0.250. The first-order valence-corrected chi connectivity index (χ1v) is 26.9. The van der Waals surface area contributed by atoms with E-state index in [0.29, 0.717) is 13.1 Å². The highest BCUT2D eigenvalue weighted by atomic mass is 16.8. The summed E-state index contributed by atoms with van der Waals surface area (Å²) in [6.45, 7) is 9.37. The Morgan fingerprint density at radius 1 is 0.418 bits per heavy atom.